The SMILES string of the molecule is CC(=O)CC(=O)O.CCC(O)C(C)O. The maximum Gasteiger partial charge on any atom is 0.310 e. The predicted octanol–water partition coefficient (Wildman–Crippen LogP) is 0.188. The molecule has 2 unspecified atom stereocenters. The third-order valence-corrected chi connectivity index (χ3v) is 1.38. The summed E-state index contributed by atoms with van der Waals surface area (Å²) in [5.41, 5.74) is 0. The van der Waals surface area contributed by atoms with Crippen molar-refractivity contribution in [2.75, 3.05) is 0 Å². The largest absolute Gasteiger partial charge is 0.481 e. The topological polar surface area (TPSA) is 94.8 Å². The highest BCUT2D eigenvalue weighted by Gasteiger charge is 2.05. The monoisotopic (exact) mass is 206 g/mol. The lowest BCUT2D eigenvalue weighted by atomic mass is 10.2. The van der Waals surface area contributed by atoms with Gasteiger partial charge in [0.1, 0.15) is 12.2 Å². The molecule has 5 heteroatoms. The molecule has 0 bridgehead atoms. The van der Waals surface area contributed by atoms with Gasteiger partial charge in [-0.15, -0.1) is 0 Å². The Kier molecular flexibility index (Phi) is 9.59. The normalized spacial score (nSPS) is 13.5. The van der Waals surface area contributed by atoms with Crippen LogP contribution in [-0.2, 0) is 9.59 Å². The van der Waals surface area contributed by atoms with Crippen molar-refractivity contribution >= 4 is 11.8 Å². The van der Waals surface area contributed by atoms with Crippen molar-refractivity contribution in [2.24, 2.45) is 0 Å². The Morgan fingerprint density at radius 3 is 1.71 bits per heavy atom. The van der Waals surface area contributed by atoms with Crippen LogP contribution in [0.2, 0.25) is 0 Å². The first-order chi connectivity index (χ1) is 6.31. The molecule has 0 rings (SSSR count). The van der Waals surface area contributed by atoms with Crippen molar-refractivity contribution in [3.05, 3.63) is 0 Å². The average molecular weight is 206 g/mol. The molecule has 0 fully saturated rings. The summed E-state index contributed by atoms with van der Waals surface area (Å²) in [4.78, 5) is 19.5. The van der Waals surface area contributed by atoms with E-state index in [9.17, 15) is 9.59 Å². The molecule has 5 nitrogen and oxygen atoms in total. The summed E-state index contributed by atoms with van der Waals surface area (Å²) in [6.07, 6.45) is -0.859. The zero-order chi connectivity index (χ0) is 11.7. The van der Waals surface area contributed by atoms with Crippen molar-refractivity contribution in [1.29, 1.82) is 0 Å². The van der Waals surface area contributed by atoms with Crippen molar-refractivity contribution in [1.82, 2.24) is 0 Å². The van der Waals surface area contributed by atoms with E-state index >= 15 is 0 Å². The molecular weight excluding hydrogens is 188 g/mol. The number of ketones is 1. The molecule has 0 radical (unpaired) electrons. The summed E-state index contributed by atoms with van der Waals surface area (Å²) in [5.74, 6) is -1.37. The number of hydrogen-bond donors (Lipinski definition) is 3. The van der Waals surface area contributed by atoms with Gasteiger partial charge in [0.05, 0.1) is 12.2 Å². The van der Waals surface area contributed by atoms with Crippen LogP contribution in [0.25, 0.3) is 0 Å². The van der Waals surface area contributed by atoms with E-state index < -0.39 is 18.2 Å². The number of carbonyl (C=O) groups is 2. The highest BCUT2D eigenvalue weighted by Crippen LogP contribution is 1.94. The number of Topliss-reactive ketones (excluding diaryl/α,β-unsaturated/α-hetero) is 1. The molecule has 0 aliphatic rings. The number of rotatable bonds is 4. The van der Waals surface area contributed by atoms with Gasteiger partial charge in [-0.2, -0.15) is 0 Å². The predicted molar refractivity (Wildman–Crippen MR) is 50.9 cm³/mol. The third-order valence-electron chi connectivity index (χ3n) is 1.38. The number of hydrogen-bond acceptors (Lipinski definition) is 4. The van der Waals surface area contributed by atoms with Crippen LogP contribution in [0, 0.1) is 0 Å². The molecular formula is C9H18O5. The molecule has 0 aromatic rings. The molecule has 0 aliphatic heterocycles. The van der Waals surface area contributed by atoms with Gasteiger partial charge < -0.3 is 15.3 Å². The van der Waals surface area contributed by atoms with Gasteiger partial charge in [-0.3, -0.25) is 9.59 Å². The van der Waals surface area contributed by atoms with E-state index in [2.05, 4.69) is 0 Å². The Hall–Kier alpha value is -0.940. The molecule has 14 heavy (non-hydrogen) atoms. The van der Waals surface area contributed by atoms with Gasteiger partial charge in [-0.25, -0.2) is 0 Å². The second kappa shape index (κ2) is 8.65. The summed E-state index contributed by atoms with van der Waals surface area (Å²) in [6, 6.07) is 0. The molecule has 2 atom stereocenters. The van der Waals surface area contributed by atoms with Gasteiger partial charge in [-0.1, -0.05) is 6.92 Å². The maximum atomic E-state index is 9.87. The van der Waals surface area contributed by atoms with Gasteiger partial charge >= 0.3 is 5.97 Å². The Balaban J connectivity index is 0. The molecule has 3 N–H and O–H groups in total. The second-order valence-corrected chi connectivity index (χ2v) is 2.99. The summed E-state index contributed by atoms with van der Waals surface area (Å²) in [6.45, 7) is 4.65. The van der Waals surface area contributed by atoms with Crippen LogP contribution in [0.15, 0.2) is 0 Å². The van der Waals surface area contributed by atoms with E-state index in [1.165, 1.54) is 6.92 Å². The van der Waals surface area contributed by atoms with Crippen LogP contribution in [0.3, 0.4) is 0 Å². The first kappa shape index (κ1) is 15.5. The zero-order valence-electron chi connectivity index (χ0n) is 8.73. The van der Waals surface area contributed by atoms with E-state index in [1.807, 2.05) is 6.92 Å². The van der Waals surface area contributed by atoms with Crippen LogP contribution in [0.4, 0.5) is 0 Å². The fraction of sp³-hybridized carbons (Fsp3) is 0.778. The molecule has 0 spiro atoms. The third kappa shape index (κ3) is 13.6. The number of aliphatic carboxylic acids is 1. The van der Waals surface area contributed by atoms with E-state index in [4.69, 9.17) is 15.3 Å². The molecule has 0 aromatic carbocycles. The fourth-order valence-corrected chi connectivity index (χ4v) is 0.554. The number of aliphatic hydroxyl groups is 2. The van der Waals surface area contributed by atoms with Crippen LogP contribution in [0.5, 0.6) is 0 Å². The maximum absolute atomic E-state index is 9.87. The Bertz CT molecular complexity index is 164. The summed E-state index contributed by atoms with van der Waals surface area (Å²) < 4.78 is 0. The van der Waals surface area contributed by atoms with Crippen LogP contribution in [-0.4, -0.2) is 39.3 Å². The lowest BCUT2D eigenvalue weighted by Crippen LogP contribution is -2.20. The Morgan fingerprint density at radius 1 is 1.29 bits per heavy atom. The van der Waals surface area contributed by atoms with Crippen molar-refractivity contribution in [3.8, 4) is 0 Å². The van der Waals surface area contributed by atoms with Gasteiger partial charge in [0.25, 0.3) is 0 Å². The fourth-order valence-electron chi connectivity index (χ4n) is 0.554. The molecule has 0 saturated heterocycles. The van der Waals surface area contributed by atoms with Gasteiger partial charge in [0.15, 0.2) is 0 Å². The highest BCUT2D eigenvalue weighted by atomic mass is 16.4. The molecule has 0 amide bonds. The lowest BCUT2D eigenvalue weighted by molar-refractivity contribution is -0.139. The van der Waals surface area contributed by atoms with Crippen LogP contribution >= 0.6 is 0 Å². The average Bonchev–Trinajstić information content (AvgIpc) is 2.01. The molecule has 0 aliphatic carbocycles. The number of carboxylic acid groups (broad SMARTS) is 1. The van der Waals surface area contributed by atoms with Crippen LogP contribution < -0.4 is 0 Å². The first-order valence-electron chi connectivity index (χ1n) is 4.38. The first-order valence-corrected chi connectivity index (χ1v) is 4.38. The second-order valence-electron chi connectivity index (χ2n) is 2.99. The van der Waals surface area contributed by atoms with Crippen LogP contribution in [0.1, 0.15) is 33.6 Å². The number of carboxylic acids is 1. The smallest absolute Gasteiger partial charge is 0.310 e. The van der Waals surface area contributed by atoms with E-state index in [0.29, 0.717) is 6.42 Å². The molecule has 84 valence electrons. The van der Waals surface area contributed by atoms with Gasteiger partial charge in [-0.05, 0) is 20.3 Å². The van der Waals surface area contributed by atoms with E-state index in [-0.39, 0.29) is 12.2 Å². The number of carbonyl (C=O) groups excluding carboxylic acids is 1. The quantitative estimate of drug-likeness (QED) is 0.571. The molecule has 0 saturated carbocycles. The van der Waals surface area contributed by atoms with Crippen molar-refractivity contribution in [3.63, 3.8) is 0 Å². The van der Waals surface area contributed by atoms with Gasteiger partial charge in [0.2, 0.25) is 0 Å². The number of aliphatic hydroxyl groups excluding tert-OH is 2. The molecule has 0 heterocycles. The standard InChI is InChI=1S/C5H12O2.C4H6O3/c1-3-5(7)4(2)6;1-3(5)2-4(6)7/h4-7H,3H2,1-2H3;2H2,1H3,(H,6,7). The lowest BCUT2D eigenvalue weighted by Gasteiger charge is -2.08. The van der Waals surface area contributed by atoms with E-state index in [0.717, 1.165) is 0 Å². The van der Waals surface area contributed by atoms with Crippen molar-refractivity contribution in [2.45, 2.75) is 45.8 Å². The summed E-state index contributed by atoms with van der Waals surface area (Å²) in [7, 11) is 0. The minimum Gasteiger partial charge on any atom is -0.481 e. The Labute approximate surface area is 83.4 Å². The summed E-state index contributed by atoms with van der Waals surface area (Å²) in [5, 5.41) is 25.1. The van der Waals surface area contributed by atoms with Crippen molar-refractivity contribution < 1.29 is 24.9 Å². The molecule has 0 aromatic heterocycles. The minimum atomic E-state index is -1.06. The van der Waals surface area contributed by atoms with Gasteiger partial charge in [0, 0.05) is 0 Å². The van der Waals surface area contributed by atoms with E-state index in [1.54, 1.807) is 6.92 Å². The minimum absolute atomic E-state index is 0.312. The summed E-state index contributed by atoms with van der Waals surface area (Å²) >= 11 is 0. The Morgan fingerprint density at radius 2 is 1.71 bits per heavy atom. The zero-order valence-corrected chi connectivity index (χ0v) is 8.73. The highest BCUT2D eigenvalue weighted by molar-refractivity contribution is 5.93.